The summed E-state index contributed by atoms with van der Waals surface area (Å²) in [5.41, 5.74) is 3.33. The quantitative estimate of drug-likeness (QED) is 0.572. The van der Waals surface area contributed by atoms with E-state index in [1.165, 1.54) is 0 Å². The van der Waals surface area contributed by atoms with Gasteiger partial charge < -0.3 is 15.5 Å². The summed E-state index contributed by atoms with van der Waals surface area (Å²) in [4.78, 5) is 16.1. The van der Waals surface area contributed by atoms with Gasteiger partial charge in [0, 0.05) is 11.8 Å². The number of ether oxygens (including phenoxy) is 1. The SMILES string of the molecule is CCOc1cccc(NC(=O)c2cccc(NN)n2)c1. The van der Waals surface area contributed by atoms with E-state index < -0.39 is 0 Å². The van der Waals surface area contributed by atoms with Gasteiger partial charge in [0.25, 0.3) is 5.91 Å². The molecule has 0 radical (unpaired) electrons. The fourth-order valence-corrected chi connectivity index (χ4v) is 1.67. The summed E-state index contributed by atoms with van der Waals surface area (Å²) < 4.78 is 5.38. The van der Waals surface area contributed by atoms with Gasteiger partial charge in [0.05, 0.1) is 6.61 Å². The molecule has 4 N–H and O–H groups in total. The van der Waals surface area contributed by atoms with Crippen LogP contribution in [-0.2, 0) is 0 Å². The second kappa shape index (κ2) is 6.53. The molecule has 1 amide bonds. The van der Waals surface area contributed by atoms with E-state index in [9.17, 15) is 4.79 Å². The maximum atomic E-state index is 12.1. The molecule has 1 aromatic carbocycles. The molecule has 1 aromatic heterocycles. The summed E-state index contributed by atoms with van der Waals surface area (Å²) >= 11 is 0. The van der Waals surface area contributed by atoms with Gasteiger partial charge in [-0.15, -0.1) is 0 Å². The molecule has 6 nitrogen and oxygen atoms in total. The van der Waals surface area contributed by atoms with Crippen LogP contribution in [0.4, 0.5) is 11.5 Å². The Bertz CT molecular complexity index is 601. The van der Waals surface area contributed by atoms with Crippen molar-refractivity contribution in [1.82, 2.24) is 4.98 Å². The van der Waals surface area contributed by atoms with Crippen LogP contribution in [0.15, 0.2) is 42.5 Å². The van der Waals surface area contributed by atoms with Crippen LogP contribution < -0.4 is 21.3 Å². The first-order valence-electron chi connectivity index (χ1n) is 6.21. The van der Waals surface area contributed by atoms with Gasteiger partial charge in [-0.05, 0) is 31.2 Å². The highest BCUT2D eigenvalue weighted by Gasteiger charge is 2.08. The van der Waals surface area contributed by atoms with Crippen LogP contribution in [0.5, 0.6) is 5.75 Å². The van der Waals surface area contributed by atoms with Crippen LogP contribution >= 0.6 is 0 Å². The third-order valence-electron chi connectivity index (χ3n) is 2.53. The number of benzene rings is 1. The van der Waals surface area contributed by atoms with Crippen LogP contribution in [0.25, 0.3) is 0 Å². The highest BCUT2D eigenvalue weighted by Crippen LogP contribution is 2.18. The van der Waals surface area contributed by atoms with E-state index in [1.807, 2.05) is 19.1 Å². The molecule has 0 aliphatic carbocycles. The number of amides is 1. The van der Waals surface area contributed by atoms with Crippen molar-refractivity contribution in [3.63, 3.8) is 0 Å². The van der Waals surface area contributed by atoms with Crippen LogP contribution in [0.2, 0.25) is 0 Å². The maximum absolute atomic E-state index is 12.1. The fraction of sp³-hybridized carbons (Fsp3) is 0.143. The summed E-state index contributed by atoms with van der Waals surface area (Å²) in [5, 5.41) is 2.76. The lowest BCUT2D eigenvalue weighted by atomic mass is 10.2. The molecule has 0 saturated carbocycles. The van der Waals surface area contributed by atoms with E-state index >= 15 is 0 Å². The van der Waals surface area contributed by atoms with Gasteiger partial charge in [0.2, 0.25) is 0 Å². The Morgan fingerprint density at radius 3 is 2.85 bits per heavy atom. The number of nitrogens with zero attached hydrogens (tertiary/aromatic N) is 1. The van der Waals surface area contributed by atoms with Gasteiger partial charge in [-0.1, -0.05) is 12.1 Å². The molecule has 0 aliphatic heterocycles. The minimum atomic E-state index is -0.309. The molecule has 20 heavy (non-hydrogen) atoms. The number of pyridine rings is 1. The molecule has 1 heterocycles. The van der Waals surface area contributed by atoms with E-state index in [-0.39, 0.29) is 11.6 Å². The van der Waals surface area contributed by atoms with Gasteiger partial charge in [0.15, 0.2) is 0 Å². The normalized spacial score (nSPS) is 9.90. The zero-order chi connectivity index (χ0) is 14.4. The van der Waals surface area contributed by atoms with Crippen molar-refractivity contribution in [2.45, 2.75) is 6.92 Å². The number of hydrazine groups is 1. The average Bonchev–Trinajstić information content (AvgIpc) is 2.48. The summed E-state index contributed by atoms with van der Waals surface area (Å²) in [5.74, 6) is 6.09. The Kier molecular flexibility index (Phi) is 4.52. The molecule has 0 fully saturated rings. The molecule has 6 heteroatoms. The third kappa shape index (κ3) is 3.46. The van der Waals surface area contributed by atoms with Crippen molar-refractivity contribution in [3.8, 4) is 5.75 Å². The summed E-state index contributed by atoms with van der Waals surface area (Å²) in [7, 11) is 0. The van der Waals surface area contributed by atoms with Crippen molar-refractivity contribution >= 4 is 17.4 Å². The monoisotopic (exact) mass is 272 g/mol. The molecule has 0 spiro atoms. The third-order valence-corrected chi connectivity index (χ3v) is 2.53. The summed E-state index contributed by atoms with van der Waals surface area (Å²) in [6, 6.07) is 12.2. The standard InChI is InChI=1S/C14H16N4O2/c1-2-20-11-6-3-5-10(9-11)16-14(19)12-7-4-8-13(17-12)18-15/h3-9H,2,15H2,1H3,(H,16,19)(H,17,18). The number of carbonyl (C=O) groups excluding carboxylic acids is 1. The molecule has 0 aliphatic rings. The zero-order valence-electron chi connectivity index (χ0n) is 11.1. The van der Waals surface area contributed by atoms with Crippen LogP contribution in [0.1, 0.15) is 17.4 Å². The van der Waals surface area contributed by atoms with Crippen molar-refractivity contribution in [2.24, 2.45) is 5.84 Å². The van der Waals surface area contributed by atoms with Crippen LogP contribution in [-0.4, -0.2) is 17.5 Å². The zero-order valence-corrected chi connectivity index (χ0v) is 11.1. The summed E-state index contributed by atoms with van der Waals surface area (Å²) in [6.45, 7) is 2.48. The Labute approximate surface area is 116 Å². The van der Waals surface area contributed by atoms with Crippen molar-refractivity contribution in [1.29, 1.82) is 0 Å². The first-order chi connectivity index (χ1) is 9.72. The van der Waals surface area contributed by atoms with Crippen molar-refractivity contribution in [3.05, 3.63) is 48.2 Å². The number of hydrogen-bond donors (Lipinski definition) is 3. The molecular formula is C14H16N4O2. The predicted octanol–water partition coefficient (Wildman–Crippen LogP) is 2.02. The molecule has 0 bridgehead atoms. The van der Waals surface area contributed by atoms with Crippen molar-refractivity contribution < 1.29 is 9.53 Å². The number of nitrogen functional groups attached to an aromatic ring is 1. The van der Waals surface area contributed by atoms with E-state index in [4.69, 9.17) is 10.6 Å². The maximum Gasteiger partial charge on any atom is 0.274 e. The van der Waals surface area contributed by atoms with Crippen LogP contribution in [0, 0.1) is 0 Å². The highest BCUT2D eigenvalue weighted by atomic mass is 16.5. The smallest absolute Gasteiger partial charge is 0.274 e. The van der Waals surface area contributed by atoms with Gasteiger partial charge in [-0.2, -0.15) is 0 Å². The van der Waals surface area contributed by atoms with E-state index in [2.05, 4.69) is 15.7 Å². The highest BCUT2D eigenvalue weighted by molar-refractivity contribution is 6.03. The molecule has 0 saturated heterocycles. The van der Waals surface area contributed by atoms with E-state index in [0.717, 1.165) is 0 Å². The second-order valence-corrected chi connectivity index (χ2v) is 3.97. The number of aromatic nitrogens is 1. The molecule has 104 valence electrons. The molecule has 2 rings (SSSR count). The molecule has 0 atom stereocenters. The lowest BCUT2D eigenvalue weighted by molar-refractivity contribution is 0.102. The topological polar surface area (TPSA) is 89.3 Å². The van der Waals surface area contributed by atoms with Gasteiger partial charge in [-0.25, -0.2) is 10.8 Å². The Hall–Kier alpha value is -2.60. The first kappa shape index (κ1) is 13.8. The van der Waals surface area contributed by atoms with Crippen LogP contribution in [0.3, 0.4) is 0 Å². The number of nitrogens with one attached hydrogen (secondary N) is 2. The van der Waals surface area contributed by atoms with Gasteiger partial charge >= 0.3 is 0 Å². The number of carbonyl (C=O) groups is 1. The largest absolute Gasteiger partial charge is 0.494 e. The van der Waals surface area contributed by atoms with Gasteiger partial charge in [-0.3, -0.25) is 4.79 Å². The lowest BCUT2D eigenvalue weighted by Crippen LogP contribution is -2.16. The minimum absolute atomic E-state index is 0.280. The molecule has 2 aromatic rings. The molecule has 0 unspecified atom stereocenters. The Morgan fingerprint density at radius 1 is 1.30 bits per heavy atom. The predicted molar refractivity (Wildman–Crippen MR) is 77.6 cm³/mol. The van der Waals surface area contributed by atoms with Gasteiger partial charge in [0.1, 0.15) is 17.3 Å². The first-order valence-corrected chi connectivity index (χ1v) is 6.21. The Morgan fingerprint density at radius 2 is 2.10 bits per heavy atom. The number of rotatable bonds is 5. The number of hydrogen-bond acceptors (Lipinski definition) is 5. The number of anilines is 2. The van der Waals surface area contributed by atoms with Crippen molar-refractivity contribution in [2.75, 3.05) is 17.3 Å². The lowest BCUT2D eigenvalue weighted by Gasteiger charge is -2.08. The minimum Gasteiger partial charge on any atom is -0.494 e. The Balaban J connectivity index is 2.12. The number of nitrogens with two attached hydrogens (primary N) is 1. The fourth-order valence-electron chi connectivity index (χ4n) is 1.67. The van der Waals surface area contributed by atoms with E-state index in [1.54, 1.807) is 30.3 Å². The van der Waals surface area contributed by atoms with E-state index in [0.29, 0.717) is 23.9 Å². The second-order valence-electron chi connectivity index (χ2n) is 3.97. The average molecular weight is 272 g/mol. The molecular weight excluding hydrogens is 256 g/mol. The summed E-state index contributed by atoms with van der Waals surface area (Å²) in [6.07, 6.45) is 0.